The fraction of sp³-hybridized carbons (Fsp3) is 0.0455. The van der Waals surface area contributed by atoms with Gasteiger partial charge >= 0.3 is 10.1 Å². The summed E-state index contributed by atoms with van der Waals surface area (Å²) in [6, 6.07) is 18.5. The Balaban J connectivity index is 1.28. The maximum atomic E-state index is 13.1. The molecule has 11 heteroatoms. The maximum Gasteiger partial charge on any atom is 0.339 e. The first-order valence-corrected chi connectivity index (χ1v) is 11.2. The van der Waals surface area contributed by atoms with Gasteiger partial charge in [-0.2, -0.15) is 13.4 Å². The highest BCUT2D eigenvalue weighted by Gasteiger charge is 2.17. The summed E-state index contributed by atoms with van der Waals surface area (Å²) in [5.41, 5.74) is 2.00. The molecule has 2 heterocycles. The molecule has 2 aromatic heterocycles. The Labute approximate surface area is 187 Å². The van der Waals surface area contributed by atoms with Crippen LogP contribution in [0.25, 0.3) is 22.4 Å². The molecular formula is C22H16FN5O4S. The van der Waals surface area contributed by atoms with Gasteiger partial charge in [-0.3, -0.25) is 0 Å². The third-order valence-corrected chi connectivity index (χ3v) is 5.93. The van der Waals surface area contributed by atoms with Crippen molar-refractivity contribution in [3.05, 3.63) is 84.5 Å². The standard InChI is InChI=1S/C22H16FN5O4S/c23-15-6-9-17(10-7-15)33(29,30)32-16-8-11-18-19(12-16)26-22(25-18)24-13-20-27-21(28-31-20)14-4-2-1-3-5-14/h1-12H,13H2,(H2,24,25,26). The molecule has 0 aliphatic heterocycles. The summed E-state index contributed by atoms with van der Waals surface area (Å²) in [6.07, 6.45) is 0. The summed E-state index contributed by atoms with van der Waals surface area (Å²) in [7, 11) is -4.10. The van der Waals surface area contributed by atoms with E-state index in [9.17, 15) is 12.8 Å². The monoisotopic (exact) mass is 465 g/mol. The molecular weight excluding hydrogens is 449 g/mol. The van der Waals surface area contributed by atoms with Crippen LogP contribution in [-0.4, -0.2) is 28.5 Å². The van der Waals surface area contributed by atoms with E-state index in [0.29, 0.717) is 28.7 Å². The molecule has 5 aromatic rings. The second kappa shape index (κ2) is 8.36. The van der Waals surface area contributed by atoms with Crippen LogP contribution in [-0.2, 0) is 16.7 Å². The Morgan fingerprint density at radius 3 is 2.58 bits per heavy atom. The molecule has 0 atom stereocenters. The number of hydrogen-bond acceptors (Lipinski definition) is 8. The molecule has 5 rings (SSSR count). The summed E-state index contributed by atoms with van der Waals surface area (Å²) >= 11 is 0. The van der Waals surface area contributed by atoms with Crippen LogP contribution in [0.2, 0.25) is 0 Å². The van der Waals surface area contributed by atoms with Gasteiger partial charge in [0.05, 0.1) is 17.6 Å². The van der Waals surface area contributed by atoms with E-state index in [1.54, 1.807) is 6.07 Å². The van der Waals surface area contributed by atoms with E-state index in [4.69, 9.17) is 8.71 Å². The molecule has 0 saturated carbocycles. The number of rotatable bonds is 7. The molecule has 0 amide bonds. The van der Waals surface area contributed by atoms with E-state index < -0.39 is 15.9 Å². The van der Waals surface area contributed by atoms with Crippen LogP contribution in [0.5, 0.6) is 5.75 Å². The minimum Gasteiger partial charge on any atom is -0.379 e. The largest absolute Gasteiger partial charge is 0.379 e. The average molecular weight is 465 g/mol. The number of aromatic nitrogens is 4. The van der Waals surface area contributed by atoms with Gasteiger partial charge < -0.3 is 19.0 Å². The topological polar surface area (TPSA) is 123 Å². The van der Waals surface area contributed by atoms with Crippen molar-refractivity contribution in [2.45, 2.75) is 11.4 Å². The van der Waals surface area contributed by atoms with Crippen molar-refractivity contribution < 1.29 is 21.5 Å². The van der Waals surface area contributed by atoms with Gasteiger partial charge in [-0.1, -0.05) is 35.5 Å². The highest BCUT2D eigenvalue weighted by Crippen LogP contribution is 2.24. The van der Waals surface area contributed by atoms with E-state index in [1.807, 2.05) is 30.3 Å². The number of nitrogens with zero attached hydrogens (tertiary/aromatic N) is 3. The predicted octanol–water partition coefficient (Wildman–Crippen LogP) is 4.13. The Morgan fingerprint density at radius 2 is 1.79 bits per heavy atom. The number of nitrogens with one attached hydrogen (secondary N) is 2. The van der Waals surface area contributed by atoms with Gasteiger partial charge in [-0.05, 0) is 36.4 Å². The third kappa shape index (κ3) is 4.53. The number of fused-ring (bicyclic) bond motifs is 1. The lowest BCUT2D eigenvalue weighted by Crippen LogP contribution is -2.09. The highest BCUT2D eigenvalue weighted by molar-refractivity contribution is 7.87. The zero-order chi connectivity index (χ0) is 22.8. The van der Waals surface area contributed by atoms with E-state index >= 15 is 0 Å². The zero-order valence-electron chi connectivity index (χ0n) is 16.9. The molecule has 166 valence electrons. The van der Waals surface area contributed by atoms with Gasteiger partial charge in [-0.15, -0.1) is 0 Å². The summed E-state index contributed by atoms with van der Waals surface area (Å²) < 4.78 is 48.3. The summed E-state index contributed by atoms with van der Waals surface area (Å²) in [6.45, 7) is 0.238. The van der Waals surface area contributed by atoms with Crippen molar-refractivity contribution in [1.29, 1.82) is 0 Å². The number of aromatic amines is 1. The lowest BCUT2D eigenvalue weighted by atomic mass is 10.2. The number of benzene rings is 3. The average Bonchev–Trinajstić information content (AvgIpc) is 3.45. The quantitative estimate of drug-likeness (QED) is 0.344. The van der Waals surface area contributed by atoms with Crippen molar-refractivity contribution >= 4 is 27.1 Å². The molecule has 3 aromatic carbocycles. The van der Waals surface area contributed by atoms with Crippen LogP contribution in [0.1, 0.15) is 5.89 Å². The van der Waals surface area contributed by atoms with Crippen LogP contribution in [0, 0.1) is 5.82 Å². The minimum atomic E-state index is -4.10. The van der Waals surface area contributed by atoms with Crippen molar-refractivity contribution in [3.8, 4) is 17.1 Å². The Morgan fingerprint density at radius 1 is 1.00 bits per heavy atom. The lowest BCUT2D eigenvalue weighted by molar-refractivity contribution is 0.384. The molecule has 0 unspecified atom stereocenters. The number of anilines is 1. The van der Waals surface area contributed by atoms with Gasteiger partial charge in [0.25, 0.3) is 0 Å². The highest BCUT2D eigenvalue weighted by atomic mass is 32.2. The van der Waals surface area contributed by atoms with Gasteiger partial charge in [0.1, 0.15) is 16.5 Å². The second-order valence-electron chi connectivity index (χ2n) is 6.99. The number of H-pyrrole nitrogens is 1. The number of halogens is 1. The minimum absolute atomic E-state index is 0.0893. The van der Waals surface area contributed by atoms with Gasteiger partial charge in [0, 0.05) is 11.6 Å². The normalized spacial score (nSPS) is 11.5. The number of imidazole rings is 1. The Kier molecular flexibility index (Phi) is 5.23. The molecule has 0 spiro atoms. The molecule has 0 aliphatic rings. The fourth-order valence-corrected chi connectivity index (χ4v) is 4.01. The van der Waals surface area contributed by atoms with Crippen LogP contribution in [0.3, 0.4) is 0 Å². The van der Waals surface area contributed by atoms with Crippen LogP contribution >= 0.6 is 0 Å². The molecule has 0 saturated heterocycles. The molecule has 2 N–H and O–H groups in total. The molecule has 0 bridgehead atoms. The summed E-state index contributed by atoms with van der Waals surface area (Å²) in [5, 5.41) is 7.02. The zero-order valence-corrected chi connectivity index (χ0v) is 17.7. The Bertz CT molecular complexity index is 1520. The van der Waals surface area contributed by atoms with E-state index in [0.717, 1.165) is 29.8 Å². The second-order valence-corrected chi connectivity index (χ2v) is 8.53. The fourth-order valence-electron chi connectivity index (χ4n) is 3.09. The molecule has 0 fully saturated rings. The van der Waals surface area contributed by atoms with E-state index in [-0.39, 0.29) is 17.2 Å². The lowest BCUT2D eigenvalue weighted by Gasteiger charge is -2.06. The van der Waals surface area contributed by atoms with Crippen LogP contribution in [0.15, 0.2) is 82.2 Å². The van der Waals surface area contributed by atoms with Crippen molar-refractivity contribution in [2.75, 3.05) is 5.32 Å². The molecule has 33 heavy (non-hydrogen) atoms. The number of hydrogen-bond donors (Lipinski definition) is 2. The first-order chi connectivity index (χ1) is 16.0. The summed E-state index contributed by atoms with van der Waals surface area (Å²) in [5.74, 6) is 0.851. The van der Waals surface area contributed by atoms with Crippen molar-refractivity contribution in [1.82, 2.24) is 20.1 Å². The van der Waals surface area contributed by atoms with Crippen LogP contribution in [0.4, 0.5) is 10.3 Å². The summed E-state index contributed by atoms with van der Waals surface area (Å²) in [4.78, 5) is 11.6. The van der Waals surface area contributed by atoms with Gasteiger partial charge in [0.2, 0.25) is 17.7 Å². The first-order valence-electron chi connectivity index (χ1n) is 9.78. The smallest absolute Gasteiger partial charge is 0.339 e. The van der Waals surface area contributed by atoms with Gasteiger partial charge in [0.15, 0.2) is 0 Å². The SMILES string of the molecule is O=S(=O)(Oc1ccc2nc(NCc3nc(-c4ccccc4)no3)[nH]c2c1)c1ccc(F)cc1. The van der Waals surface area contributed by atoms with Gasteiger partial charge in [-0.25, -0.2) is 9.37 Å². The van der Waals surface area contributed by atoms with Crippen molar-refractivity contribution in [3.63, 3.8) is 0 Å². The third-order valence-electron chi connectivity index (χ3n) is 4.67. The van der Waals surface area contributed by atoms with E-state index in [1.165, 1.54) is 12.1 Å². The maximum absolute atomic E-state index is 13.1. The molecule has 0 aliphatic carbocycles. The first kappa shape index (κ1) is 20.6. The van der Waals surface area contributed by atoms with Crippen LogP contribution < -0.4 is 9.50 Å². The van der Waals surface area contributed by atoms with Crippen molar-refractivity contribution in [2.24, 2.45) is 0 Å². The van der Waals surface area contributed by atoms with E-state index in [2.05, 4.69) is 25.4 Å². The predicted molar refractivity (Wildman–Crippen MR) is 117 cm³/mol. The Hall–Kier alpha value is -4.25. The molecule has 9 nitrogen and oxygen atoms in total. The molecule has 0 radical (unpaired) electrons.